The van der Waals surface area contributed by atoms with E-state index < -0.39 is 17.3 Å². The summed E-state index contributed by atoms with van der Waals surface area (Å²) < 4.78 is 5.11. The fraction of sp³-hybridized carbons (Fsp3) is 0.357. The van der Waals surface area contributed by atoms with E-state index in [9.17, 15) is 19.5 Å². The van der Waals surface area contributed by atoms with E-state index >= 15 is 0 Å². The summed E-state index contributed by atoms with van der Waals surface area (Å²) in [5.74, 6) is -1.98. The van der Waals surface area contributed by atoms with Crippen LogP contribution >= 0.6 is 22.6 Å². The average Bonchev–Trinajstić information content (AvgIpc) is 2.54. The molecule has 1 aromatic rings. The van der Waals surface area contributed by atoms with Gasteiger partial charge in [0.2, 0.25) is 0 Å². The molecule has 0 aliphatic carbocycles. The van der Waals surface area contributed by atoms with Gasteiger partial charge in [0.25, 0.3) is 0 Å². The lowest BCUT2D eigenvalue weighted by molar-refractivity contribution is -0.153. The van der Waals surface area contributed by atoms with Gasteiger partial charge >= 0.3 is 11.9 Å². The molecule has 0 saturated carbocycles. The Hall–Kier alpha value is -1.64. The Morgan fingerprint density at radius 1 is 1.29 bits per heavy atom. The number of halogens is 1. The molecular formula is C14H16INO5. The number of amides is 1. The van der Waals surface area contributed by atoms with Gasteiger partial charge in [-0.2, -0.15) is 0 Å². The molecule has 0 unspecified atom stereocenters. The van der Waals surface area contributed by atoms with Gasteiger partial charge < -0.3 is 14.7 Å². The largest absolute Gasteiger partial charge is 0.507 e. The number of hydrogen-bond acceptors (Lipinski definition) is 5. The van der Waals surface area contributed by atoms with Crippen molar-refractivity contribution in [2.75, 3.05) is 18.1 Å². The molecule has 1 rings (SSSR count). The molecule has 1 aromatic carbocycles. The molecule has 0 spiro atoms. The standard InChI is InChI=1S/C14H16INO5/c1-3-5-16(13(19)14(20)21-4-2)9-6-10(17)8-12(18)11(15)7-9/h6-8,18H,3-5H2,1-2H3. The molecule has 0 aliphatic heterocycles. The minimum Gasteiger partial charge on any atom is -0.507 e. The van der Waals surface area contributed by atoms with E-state index in [1.54, 1.807) is 6.92 Å². The monoisotopic (exact) mass is 405 g/mol. The van der Waals surface area contributed by atoms with Crippen molar-refractivity contribution in [2.24, 2.45) is 0 Å². The zero-order valence-electron chi connectivity index (χ0n) is 11.8. The Bertz CT molecular complexity index is 602. The van der Waals surface area contributed by atoms with Gasteiger partial charge in [-0.05, 0) is 42.0 Å². The number of ether oxygens (including phenoxy) is 1. The van der Waals surface area contributed by atoms with Crippen LogP contribution in [-0.2, 0) is 14.3 Å². The van der Waals surface area contributed by atoms with Crippen LogP contribution in [-0.4, -0.2) is 30.1 Å². The molecule has 0 bridgehead atoms. The maximum Gasteiger partial charge on any atom is 0.397 e. The zero-order valence-corrected chi connectivity index (χ0v) is 13.9. The molecular weight excluding hydrogens is 389 g/mol. The molecule has 1 N–H and O–H groups in total. The first kappa shape index (κ1) is 17.4. The minimum absolute atomic E-state index is 0.0955. The van der Waals surface area contributed by atoms with Crippen molar-refractivity contribution < 1.29 is 19.4 Å². The summed E-state index contributed by atoms with van der Waals surface area (Å²) >= 11 is 1.85. The van der Waals surface area contributed by atoms with Gasteiger partial charge in [-0.3, -0.25) is 9.59 Å². The number of hydrogen-bond donors (Lipinski definition) is 1. The molecule has 0 radical (unpaired) electrons. The van der Waals surface area contributed by atoms with Gasteiger partial charge in [0.1, 0.15) is 5.75 Å². The van der Waals surface area contributed by atoms with Crippen molar-refractivity contribution >= 4 is 40.2 Å². The van der Waals surface area contributed by atoms with E-state index in [0.29, 0.717) is 9.99 Å². The van der Waals surface area contributed by atoms with Crippen molar-refractivity contribution in [2.45, 2.75) is 20.3 Å². The first-order valence-electron chi connectivity index (χ1n) is 6.43. The normalized spacial score (nSPS) is 10.0. The Balaban J connectivity index is 3.30. The van der Waals surface area contributed by atoms with E-state index in [1.165, 1.54) is 17.0 Å². The third-order valence-corrected chi connectivity index (χ3v) is 3.41. The smallest absolute Gasteiger partial charge is 0.397 e. The van der Waals surface area contributed by atoms with Crippen molar-refractivity contribution in [3.63, 3.8) is 0 Å². The van der Waals surface area contributed by atoms with Crippen LogP contribution in [0, 0.1) is 3.57 Å². The Morgan fingerprint density at radius 3 is 2.52 bits per heavy atom. The van der Waals surface area contributed by atoms with Gasteiger partial charge in [0.05, 0.1) is 10.2 Å². The lowest BCUT2D eigenvalue weighted by atomic mass is 10.3. The van der Waals surface area contributed by atoms with Gasteiger partial charge in [-0.25, -0.2) is 4.79 Å². The molecule has 0 atom stereocenters. The molecule has 6 nitrogen and oxygen atoms in total. The van der Waals surface area contributed by atoms with E-state index in [1.807, 2.05) is 29.5 Å². The van der Waals surface area contributed by atoms with E-state index in [-0.39, 0.29) is 24.6 Å². The SMILES string of the molecule is CCCN(C(=O)C(=O)OCC)c1cc(I)c(O)cc(=O)c1. The highest BCUT2D eigenvalue weighted by atomic mass is 127. The van der Waals surface area contributed by atoms with Crippen LogP contribution in [0.3, 0.4) is 0 Å². The van der Waals surface area contributed by atoms with Crippen LogP contribution in [0.5, 0.6) is 5.75 Å². The predicted molar refractivity (Wildman–Crippen MR) is 86.4 cm³/mol. The molecule has 1 amide bonds. The highest BCUT2D eigenvalue weighted by molar-refractivity contribution is 14.1. The quantitative estimate of drug-likeness (QED) is 0.468. The van der Waals surface area contributed by atoms with Gasteiger partial charge in [0.15, 0.2) is 5.43 Å². The summed E-state index contributed by atoms with van der Waals surface area (Å²) in [5.41, 5.74) is -0.201. The number of nitrogens with zero attached hydrogens (tertiary/aromatic N) is 1. The summed E-state index contributed by atoms with van der Waals surface area (Å²) in [5, 5.41) is 9.63. The number of carbonyl (C=O) groups is 2. The Labute approximate surface area is 135 Å². The van der Waals surface area contributed by atoms with Gasteiger partial charge in [0, 0.05) is 24.4 Å². The molecule has 0 saturated heterocycles. The summed E-state index contributed by atoms with van der Waals surface area (Å²) in [7, 11) is 0. The maximum atomic E-state index is 12.1. The minimum atomic E-state index is -0.968. The second-order valence-corrected chi connectivity index (χ2v) is 5.33. The number of rotatable bonds is 4. The van der Waals surface area contributed by atoms with Crippen molar-refractivity contribution in [3.8, 4) is 5.75 Å². The molecule has 0 fully saturated rings. The second kappa shape index (κ2) is 7.96. The molecule has 0 aromatic heterocycles. The third kappa shape index (κ3) is 4.69. The first-order valence-corrected chi connectivity index (χ1v) is 7.51. The van der Waals surface area contributed by atoms with E-state index in [2.05, 4.69) is 0 Å². The number of anilines is 1. The highest BCUT2D eigenvalue weighted by Crippen LogP contribution is 2.22. The van der Waals surface area contributed by atoms with Crippen LogP contribution in [0.4, 0.5) is 5.69 Å². The number of aromatic hydroxyl groups is 1. The van der Waals surface area contributed by atoms with Crippen LogP contribution in [0.1, 0.15) is 20.3 Å². The lowest BCUT2D eigenvalue weighted by Gasteiger charge is -2.20. The lowest BCUT2D eigenvalue weighted by Crippen LogP contribution is -2.38. The highest BCUT2D eigenvalue weighted by Gasteiger charge is 2.24. The van der Waals surface area contributed by atoms with E-state index in [4.69, 9.17) is 4.74 Å². The van der Waals surface area contributed by atoms with Crippen molar-refractivity contribution in [1.82, 2.24) is 0 Å². The predicted octanol–water partition coefficient (Wildman–Crippen LogP) is 1.66. The summed E-state index contributed by atoms with van der Waals surface area (Å²) in [6.45, 7) is 3.81. The van der Waals surface area contributed by atoms with Crippen LogP contribution in [0.15, 0.2) is 23.0 Å². The number of esters is 1. The average molecular weight is 405 g/mol. The zero-order chi connectivity index (χ0) is 16.0. The molecule has 114 valence electrons. The topological polar surface area (TPSA) is 83.9 Å². The first-order chi connectivity index (χ1) is 9.90. The summed E-state index contributed by atoms with van der Waals surface area (Å²) in [6, 6.07) is 3.74. The summed E-state index contributed by atoms with van der Waals surface area (Å²) in [4.78, 5) is 36.6. The van der Waals surface area contributed by atoms with Gasteiger partial charge in [-0.15, -0.1) is 0 Å². The number of carbonyl (C=O) groups excluding carboxylic acids is 2. The fourth-order valence-corrected chi connectivity index (χ4v) is 2.14. The van der Waals surface area contributed by atoms with E-state index in [0.717, 1.165) is 6.07 Å². The Kier molecular flexibility index (Phi) is 6.60. The summed E-state index contributed by atoms with van der Waals surface area (Å²) in [6.07, 6.45) is 0.598. The second-order valence-electron chi connectivity index (χ2n) is 4.17. The third-order valence-electron chi connectivity index (χ3n) is 2.54. The maximum absolute atomic E-state index is 12.1. The Morgan fingerprint density at radius 2 is 1.95 bits per heavy atom. The van der Waals surface area contributed by atoms with Gasteiger partial charge in [-0.1, -0.05) is 6.92 Å². The van der Waals surface area contributed by atoms with Crippen LogP contribution < -0.4 is 10.3 Å². The molecule has 7 heteroatoms. The fourth-order valence-electron chi connectivity index (χ4n) is 1.67. The van der Waals surface area contributed by atoms with Crippen LogP contribution in [0.25, 0.3) is 0 Å². The van der Waals surface area contributed by atoms with Crippen molar-refractivity contribution in [3.05, 3.63) is 32.0 Å². The molecule has 21 heavy (non-hydrogen) atoms. The van der Waals surface area contributed by atoms with Crippen molar-refractivity contribution in [1.29, 1.82) is 0 Å². The molecule has 0 aliphatic rings. The van der Waals surface area contributed by atoms with Crippen LogP contribution in [0.2, 0.25) is 0 Å². The molecule has 0 heterocycles.